The van der Waals surface area contributed by atoms with Crippen molar-refractivity contribution < 1.29 is 4.39 Å². The first kappa shape index (κ1) is 21.1. The van der Waals surface area contributed by atoms with Gasteiger partial charge < -0.3 is 15.5 Å². The van der Waals surface area contributed by atoms with Crippen molar-refractivity contribution in [1.82, 2.24) is 20.5 Å². The SMILES string of the molecule is CN=C(NCC1CCCN(Cc2cccs2)C1)NC1CCN(c2ncccc2F)C1. The van der Waals surface area contributed by atoms with E-state index in [0.717, 1.165) is 45.1 Å². The Morgan fingerprint density at radius 1 is 1.27 bits per heavy atom. The zero-order chi connectivity index (χ0) is 20.8. The molecule has 8 heteroatoms. The zero-order valence-electron chi connectivity index (χ0n) is 17.6. The van der Waals surface area contributed by atoms with Crippen molar-refractivity contribution in [2.45, 2.75) is 31.8 Å². The third-order valence-electron chi connectivity index (χ3n) is 5.91. The molecule has 2 aliphatic rings. The van der Waals surface area contributed by atoms with E-state index < -0.39 is 0 Å². The minimum Gasteiger partial charge on any atom is -0.356 e. The van der Waals surface area contributed by atoms with Crippen LogP contribution >= 0.6 is 11.3 Å². The molecule has 6 nitrogen and oxygen atoms in total. The maximum atomic E-state index is 14.0. The molecule has 0 amide bonds. The van der Waals surface area contributed by atoms with Gasteiger partial charge in [0.05, 0.1) is 0 Å². The number of piperidine rings is 1. The van der Waals surface area contributed by atoms with Gasteiger partial charge in [0, 0.05) is 56.9 Å². The summed E-state index contributed by atoms with van der Waals surface area (Å²) in [4.78, 5) is 14.6. The lowest BCUT2D eigenvalue weighted by molar-refractivity contribution is 0.169. The molecule has 4 rings (SSSR count). The fourth-order valence-corrected chi connectivity index (χ4v) is 5.14. The molecule has 30 heavy (non-hydrogen) atoms. The molecule has 0 radical (unpaired) electrons. The van der Waals surface area contributed by atoms with Crippen LogP contribution in [0.5, 0.6) is 0 Å². The summed E-state index contributed by atoms with van der Waals surface area (Å²) >= 11 is 1.84. The zero-order valence-corrected chi connectivity index (χ0v) is 18.4. The Morgan fingerprint density at radius 2 is 2.20 bits per heavy atom. The smallest absolute Gasteiger partial charge is 0.191 e. The average molecular weight is 431 g/mol. The summed E-state index contributed by atoms with van der Waals surface area (Å²) < 4.78 is 14.0. The number of aromatic nitrogens is 1. The molecule has 2 unspecified atom stereocenters. The lowest BCUT2D eigenvalue weighted by Gasteiger charge is -2.33. The van der Waals surface area contributed by atoms with Crippen molar-refractivity contribution in [3.05, 3.63) is 46.5 Å². The first-order chi connectivity index (χ1) is 14.7. The van der Waals surface area contributed by atoms with Crippen LogP contribution in [0.1, 0.15) is 24.1 Å². The summed E-state index contributed by atoms with van der Waals surface area (Å²) in [6, 6.07) is 7.68. The van der Waals surface area contributed by atoms with Crippen LogP contribution in [-0.4, -0.2) is 61.7 Å². The molecule has 4 heterocycles. The highest BCUT2D eigenvalue weighted by Crippen LogP contribution is 2.21. The summed E-state index contributed by atoms with van der Waals surface area (Å²) in [7, 11) is 1.81. The van der Waals surface area contributed by atoms with Crippen LogP contribution in [0.4, 0.5) is 10.2 Å². The predicted molar refractivity (Wildman–Crippen MR) is 122 cm³/mol. The number of likely N-dealkylation sites (tertiary alicyclic amines) is 1. The number of thiophene rings is 1. The fourth-order valence-electron chi connectivity index (χ4n) is 4.39. The maximum absolute atomic E-state index is 14.0. The van der Waals surface area contributed by atoms with Gasteiger partial charge in [0.1, 0.15) is 0 Å². The Labute approximate surface area is 182 Å². The Balaban J connectivity index is 1.23. The molecular weight excluding hydrogens is 399 g/mol. The van der Waals surface area contributed by atoms with Gasteiger partial charge in [-0.25, -0.2) is 9.37 Å². The number of hydrogen-bond donors (Lipinski definition) is 2. The van der Waals surface area contributed by atoms with Gasteiger partial charge in [-0.1, -0.05) is 6.07 Å². The van der Waals surface area contributed by atoms with Gasteiger partial charge in [-0.3, -0.25) is 9.89 Å². The van der Waals surface area contributed by atoms with Crippen molar-refractivity contribution in [2.24, 2.45) is 10.9 Å². The second-order valence-electron chi connectivity index (χ2n) is 8.16. The Kier molecular flexibility index (Phi) is 7.17. The summed E-state index contributed by atoms with van der Waals surface area (Å²) in [5.41, 5.74) is 0. The van der Waals surface area contributed by atoms with Crippen molar-refractivity contribution in [2.75, 3.05) is 44.7 Å². The molecular formula is C22H31FN6S. The molecule has 2 atom stereocenters. The molecule has 0 aromatic carbocycles. The van der Waals surface area contributed by atoms with E-state index in [1.807, 2.05) is 23.3 Å². The average Bonchev–Trinajstić information content (AvgIpc) is 3.44. The van der Waals surface area contributed by atoms with E-state index in [4.69, 9.17) is 0 Å². The number of aliphatic imine (C=N–C) groups is 1. The third kappa shape index (κ3) is 5.49. The second kappa shape index (κ2) is 10.2. The number of halogens is 1. The van der Waals surface area contributed by atoms with Gasteiger partial charge in [0.25, 0.3) is 0 Å². The summed E-state index contributed by atoms with van der Waals surface area (Å²) in [5.74, 6) is 1.64. The van der Waals surface area contributed by atoms with Crippen LogP contribution in [0.3, 0.4) is 0 Å². The van der Waals surface area contributed by atoms with Crippen molar-refractivity contribution in [1.29, 1.82) is 0 Å². The van der Waals surface area contributed by atoms with Gasteiger partial charge in [0.15, 0.2) is 17.6 Å². The van der Waals surface area contributed by atoms with Gasteiger partial charge in [-0.2, -0.15) is 0 Å². The molecule has 2 aromatic heterocycles. The van der Waals surface area contributed by atoms with E-state index in [9.17, 15) is 4.39 Å². The lowest BCUT2D eigenvalue weighted by Crippen LogP contribution is -2.47. The Hall–Kier alpha value is -2.19. The minimum absolute atomic E-state index is 0.235. The maximum Gasteiger partial charge on any atom is 0.191 e. The predicted octanol–water partition coefficient (Wildman–Crippen LogP) is 2.94. The third-order valence-corrected chi connectivity index (χ3v) is 6.77. The van der Waals surface area contributed by atoms with E-state index in [0.29, 0.717) is 11.7 Å². The molecule has 0 spiro atoms. The van der Waals surface area contributed by atoms with Gasteiger partial charge >= 0.3 is 0 Å². The van der Waals surface area contributed by atoms with Crippen LogP contribution in [0.25, 0.3) is 0 Å². The number of guanidine groups is 1. The van der Waals surface area contributed by atoms with Crippen LogP contribution in [0.2, 0.25) is 0 Å². The lowest BCUT2D eigenvalue weighted by atomic mass is 9.98. The standard InChI is InChI=1S/C22H31FN6S/c1-24-22(27-18-8-11-29(15-18)21-20(23)7-2-9-25-21)26-13-17-5-3-10-28(14-17)16-19-6-4-12-30-19/h2,4,6-7,9,12,17-18H,3,5,8,10-11,13-16H2,1H3,(H2,24,26,27). The number of pyridine rings is 1. The Bertz CT molecular complexity index is 827. The monoisotopic (exact) mass is 430 g/mol. The molecule has 0 aliphatic carbocycles. The molecule has 2 fully saturated rings. The van der Waals surface area contributed by atoms with Crippen molar-refractivity contribution >= 4 is 23.1 Å². The van der Waals surface area contributed by atoms with E-state index in [1.54, 1.807) is 12.3 Å². The molecule has 0 bridgehead atoms. The summed E-state index contributed by atoms with van der Waals surface area (Å²) in [5, 5.41) is 9.18. The van der Waals surface area contributed by atoms with Gasteiger partial charge in [-0.15, -0.1) is 11.3 Å². The quantitative estimate of drug-likeness (QED) is 0.545. The van der Waals surface area contributed by atoms with Gasteiger partial charge in [0.2, 0.25) is 0 Å². The number of rotatable bonds is 6. The molecule has 2 aromatic rings. The van der Waals surface area contributed by atoms with E-state index in [1.165, 1.54) is 30.3 Å². The van der Waals surface area contributed by atoms with E-state index in [2.05, 4.69) is 43.0 Å². The molecule has 2 aliphatic heterocycles. The summed E-state index contributed by atoms with van der Waals surface area (Å²) in [6.45, 7) is 5.81. The van der Waals surface area contributed by atoms with Crippen LogP contribution in [0, 0.1) is 11.7 Å². The van der Waals surface area contributed by atoms with Crippen molar-refractivity contribution in [3.63, 3.8) is 0 Å². The minimum atomic E-state index is -0.259. The number of anilines is 1. The Morgan fingerprint density at radius 3 is 3.00 bits per heavy atom. The normalized spacial score (nSPS) is 23.0. The first-order valence-electron chi connectivity index (χ1n) is 10.8. The van der Waals surface area contributed by atoms with E-state index >= 15 is 0 Å². The number of nitrogens with one attached hydrogen (secondary N) is 2. The van der Waals surface area contributed by atoms with E-state index in [-0.39, 0.29) is 11.9 Å². The molecule has 0 saturated carbocycles. The van der Waals surface area contributed by atoms with Crippen LogP contribution < -0.4 is 15.5 Å². The van der Waals surface area contributed by atoms with Crippen LogP contribution in [-0.2, 0) is 6.54 Å². The highest BCUT2D eigenvalue weighted by Gasteiger charge is 2.26. The highest BCUT2D eigenvalue weighted by molar-refractivity contribution is 7.09. The molecule has 2 N–H and O–H groups in total. The fraction of sp³-hybridized carbons (Fsp3) is 0.545. The summed E-state index contributed by atoms with van der Waals surface area (Å²) in [6.07, 6.45) is 5.08. The van der Waals surface area contributed by atoms with Gasteiger partial charge in [-0.05, 0) is 55.3 Å². The number of nitrogens with zero attached hydrogens (tertiary/aromatic N) is 4. The van der Waals surface area contributed by atoms with Crippen LogP contribution in [0.15, 0.2) is 40.8 Å². The van der Waals surface area contributed by atoms with Crippen molar-refractivity contribution in [3.8, 4) is 0 Å². The highest BCUT2D eigenvalue weighted by atomic mass is 32.1. The number of hydrogen-bond acceptors (Lipinski definition) is 5. The first-order valence-corrected chi connectivity index (χ1v) is 11.7. The largest absolute Gasteiger partial charge is 0.356 e. The molecule has 162 valence electrons. The molecule has 2 saturated heterocycles. The second-order valence-corrected chi connectivity index (χ2v) is 9.19. The topological polar surface area (TPSA) is 55.8 Å².